The van der Waals surface area contributed by atoms with Gasteiger partial charge in [-0.3, -0.25) is 9.59 Å². The standard InChI is InChI=1S/C15H18N2O2/c1-10(2)8-17-9-11(7-14(16)18)12-5-3-4-6-13(12)15(17)19/h3-6,9-10H,7-8H2,1-2H3,(H2,16,18). The predicted molar refractivity (Wildman–Crippen MR) is 75.9 cm³/mol. The van der Waals surface area contributed by atoms with E-state index in [1.54, 1.807) is 16.8 Å². The summed E-state index contributed by atoms with van der Waals surface area (Å²) in [5.41, 5.74) is 6.07. The lowest BCUT2D eigenvalue weighted by Gasteiger charge is -2.13. The van der Waals surface area contributed by atoms with Gasteiger partial charge in [0.1, 0.15) is 0 Å². The Morgan fingerprint density at radius 1 is 1.26 bits per heavy atom. The monoisotopic (exact) mass is 258 g/mol. The first kappa shape index (κ1) is 13.3. The molecule has 100 valence electrons. The third-order valence-electron chi connectivity index (χ3n) is 3.00. The van der Waals surface area contributed by atoms with Gasteiger partial charge in [-0.25, -0.2) is 0 Å². The summed E-state index contributed by atoms with van der Waals surface area (Å²) in [4.78, 5) is 23.5. The van der Waals surface area contributed by atoms with Crippen LogP contribution < -0.4 is 11.3 Å². The van der Waals surface area contributed by atoms with Crippen LogP contribution in [0.25, 0.3) is 10.8 Å². The number of nitrogens with two attached hydrogens (primary N) is 1. The summed E-state index contributed by atoms with van der Waals surface area (Å²) in [6.07, 6.45) is 1.91. The molecule has 0 aliphatic rings. The molecule has 1 aromatic carbocycles. The van der Waals surface area contributed by atoms with Gasteiger partial charge in [0.25, 0.3) is 5.56 Å². The van der Waals surface area contributed by atoms with Gasteiger partial charge in [-0.1, -0.05) is 32.0 Å². The van der Waals surface area contributed by atoms with Crippen LogP contribution in [0.3, 0.4) is 0 Å². The van der Waals surface area contributed by atoms with Gasteiger partial charge in [-0.15, -0.1) is 0 Å². The van der Waals surface area contributed by atoms with E-state index in [0.717, 1.165) is 10.9 Å². The summed E-state index contributed by atoms with van der Waals surface area (Å²) in [6.45, 7) is 4.74. The molecule has 4 heteroatoms. The number of benzene rings is 1. The van der Waals surface area contributed by atoms with Crippen molar-refractivity contribution in [2.45, 2.75) is 26.8 Å². The summed E-state index contributed by atoms with van der Waals surface area (Å²) >= 11 is 0. The van der Waals surface area contributed by atoms with Gasteiger partial charge in [0.2, 0.25) is 5.91 Å². The van der Waals surface area contributed by atoms with E-state index in [9.17, 15) is 9.59 Å². The smallest absolute Gasteiger partial charge is 0.258 e. The van der Waals surface area contributed by atoms with Crippen molar-refractivity contribution in [3.05, 3.63) is 46.4 Å². The van der Waals surface area contributed by atoms with Gasteiger partial charge < -0.3 is 10.3 Å². The number of pyridine rings is 1. The highest BCUT2D eigenvalue weighted by Crippen LogP contribution is 2.16. The van der Waals surface area contributed by atoms with Gasteiger partial charge in [0.15, 0.2) is 0 Å². The van der Waals surface area contributed by atoms with Crippen LogP contribution in [0.4, 0.5) is 0 Å². The van der Waals surface area contributed by atoms with E-state index in [0.29, 0.717) is 17.8 Å². The molecule has 0 saturated heterocycles. The molecule has 0 aliphatic heterocycles. The van der Waals surface area contributed by atoms with Crippen molar-refractivity contribution in [1.82, 2.24) is 4.57 Å². The molecular formula is C15H18N2O2. The minimum Gasteiger partial charge on any atom is -0.369 e. The molecule has 0 spiro atoms. The molecule has 1 heterocycles. The van der Waals surface area contributed by atoms with Crippen molar-refractivity contribution < 1.29 is 4.79 Å². The maximum absolute atomic E-state index is 12.3. The number of carbonyl (C=O) groups is 1. The molecule has 1 aromatic heterocycles. The minimum atomic E-state index is -0.389. The third kappa shape index (κ3) is 2.84. The SMILES string of the molecule is CC(C)Cn1cc(CC(N)=O)c2ccccc2c1=O. The molecule has 0 bridgehead atoms. The number of primary amides is 1. The molecular weight excluding hydrogens is 240 g/mol. The lowest BCUT2D eigenvalue weighted by Crippen LogP contribution is -2.24. The number of rotatable bonds is 4. The summed E-state index contributed by atoms with van der Waals surface area (Å²) in [6, 6.07) is 7.34. The lowest BCUT2D eigenvalue weighted by atomic mass is 10.0. The van der Waals surface area contributed by atoms with Crippen molar-refractivity contribution in [1.29, 1.82) is 0 Å². The van der Waals surface area contributed by atoms with Gasteiger partial charge in [-0.05, 0) is 22.9 Å². The number of aromatic nitrogens is 1. The van der Waals surface area contributed by atoms with Crippen LogP contribution >= 0.6 is 0 Å². The van der Waals surface area contributed by atoms with Gasteiger partial charge >= 0.3 is 0 Å². The van der Waals surface area contributed by atoms with Crippen molar-refractivity contribution in [2.24, 2.45) is 11.7 Å². The minimum absolute atomic E-state index is 0.0162. The Kier molecular flexibility index (Phi) is 3.69. The van der Waals surface area contributed by atoms with Gasteiger partial charge in [0.05, 0.1) is 6.42 Å². The fourth-order valence-electron chi connectivity index (χ4n) is 2.28. The second kappa shape index (κ2) is 5.26. The van der Waals surface area contributed by atoms with Crippen molar-refractivity contribution in [2.75, 3.05) is 0 Å². The van der Waals surface area contributed by atoms with E-state index in [-0.39, 0.29) is 17.9 Å². The number of carbonyl (C=O) groups excluding carboxylic acids is 1. The molecule has 0 radical (unpaired) electrons. The largest absolute Gasteiger partial charge is 0.369 e. The van der Waals surface area contributed by atoms with E-state index < -0.39 is 0 Å². The molecule has 0 unspecified atom stereocenters. The number of hydrogen-bond acceptors (Lipinski definition) is 2. The summed E-state index contributed by atoms with van der Waals surface area (Å²) in [7, 11) is 0. The first-order valence-electron chi connectivity index (χ1n) is 6.38. The molecule has 0 saturated carbocycles. The highest BCUT2D eigenvalue weighted by Gasteiger charge is 2.10. The van der Waals surface area contributed by atoms with Crippen LogP contribution in [0.1, 0.15) is 19.4 Å². The second-order valence-corrected chi connectivity index (χ2v) is 5.19. The summed E-state index contributed by atoms with van der Waals surface area (Å²) < 4.78 is 1.67. The summed E-state index contributed by atoms with van der Waals surface area (Å²) in [5.74, 6) is -0.0276. The van der Waals surface area contributed by atoms with Gasteiger partial charge in [-0.2, -0.15) is 0 Å². The average molecular weight is 258 g/mol. The Hall–Kier alpha value is -2.10. The fraction of sp³-hybridized carbons (Fsp3) is 0.333. The van der Waals surface area contributed by atoms with Gasteiger partial charge in [0, 0.05) is 18.1 Å². The predicted octanol–water partition coefficient (Wildman–Crippen LogP) is 1.69. The second-order valence-electron chi connectivity index (χ2n) is 5.19. The molecule has 0 fully saturated rings. The molecule has 2 N–H and O–H groups in total. The Morgan fingerprint density at radius 3 is 2.47 bits per heavy atom. The zero-order valence-electron chi connectivity index (χ0n) is 11.2. The van der Waals surface area contributed by atoms with E-state index in [4.69, 9.17) is 5.73 Å². The molecule has 0 atom stereocenters. The van der Waals surface area contributed by atoms with E-state index in [2.05, 4.69) is 13.8 Å². The fourth-order valence-corrected chi connectivity index (χ4v) is 2.28. The Balaban J connectivity index is 2.68. The molecule has 1 amide bonds. The van der Waals surface area contributed by atoms with Crippen molar-refractivity contribution in [3.8, 4) is 0 Å². The normalized spacial score (nSPS) is 11.1. The molecule has 4 nitrogen and oxygen atoms in total. The highest BCUT2D eigenvalue weighted by atomic mass is 16.1. The van der Waals surface area contributed by atoms with Crippen LogP contribution in [-0.4, -0.2) is 10.5 Å². The van der Waals surface area contributed by atoms with E-state index in [1.165, 1.54) is 0 Å². The molecule has 2 aromatic rings. The van der Waals surface area contributed by atoms with Crippen molar-refractivity contribution >= 4 is 16.7 Å². The number of nitrogens with zero attached hydrogens (tertiary/aromatic N) is 1. The Bertz CT molecular complexity index is 671. The molecule has 2 rings (SSSR count). The number of hydrogen-bond donors (Lipinski definition) is 1. The average Bonchev–Trinajstić information content (AvgIpc) is 2.34. The number of fused-ring (bicyclic) bond motifs is 1. The van der Waals surface area contributed by atoms with E-state index in [1.807, 2.05) is 18.2 Å². The maximum atomic E-state index is 12.3. The van der Waals surface area contributed by atoms with Crippen molar-refractivity contribution in [3.63, 3.8) is 0 Å². The van der Waals surface area contributed by atoms with Crippen LogP contribution in [0.5, 0.6) is 0 Å². The van der Waals surface area contributed by atoms with E-state index >= 15 is 0 Å². The zero-order valence-corrected chi connectivity index (χ0v) is 11.2. The quantitative estimate of drug-likeness (QED) is 0.906. The van der Waals surface area contributed by atoms with Crippen LogP contribution in [0.15, 0.2) is 35.3 Å². The Morgan fingerprint density at radius 2 is 1.89 bits per heavy atom. The third-order valence-corrected chi connectivity index (χ3v) is 3.00. The zero-order chi connectivity index (χ0) is 14.0. The summed E-state index contributed by atoms with van der Waals surface area (Å²) in [5, 5.41) is 1.45. The topological polar surface area (TPSA) is 65.1 Å². The molecule has 19 heavy (non-hydrogen) atoms. The number of amides is 1. The maximum Gasteiger partial charge on any atom is 0.258 e. The van der Waals surface area contributed by atoms with Crippen LogP contribution in [0.2, 0.25) is 0 Å². The highest BCUT2D eigenvalue weighted by molar-refractivity contribution is 5.89. The first-order valence-corrected chi connectivity index (χ1v) is 6.38. The Labute approximate surface area is 111 Å². The van der Waals surface area contributed by atoms with Crippen LogP contribution in [0, 0.1) is 5.92 Å². The van der Waals surface area contributed by atoms with Crippen LogP contribution in [-0.2, 0) is 17.8 Å². The lowest BCUT2D eigenvalue weighted by molar-refractivity contribution is -0.117. The molecule has 0 aliphatic carbocycles. The first-order chi connectivity index (χ1) is 8.99.